The highest BCUT2D eigenvalue weighted by atomic mass is 79.9. The lowest BCUT2D eigenvalue weighted by Crippen LogP contribution is -2.29. The molecule has 0 unspecified atom stereocenters. The molecule has 178 valence electrons. The van der Waals surface area contributed by atoms with Gasteiger partial charge in [-0.25, -0.2) is 13.6 Å². The number of halogens is 3. The van der Waals surface area contributed by atoms with Gasteiger partial charge in [-0.1, -0.05) is 22.0 Å². The molecule has 0 aliphatic heterocycles. The predicted molar refractivity (Wildman–Crippen MR) is 128 cm³/mol. The fourth-order valence-corrected chi connectivity index (χ4v) is 5.42. The predicted octanol–water partition coefficient (Wildman–Crippen LogP) is 6.23. The van der Waals surface area contributed by atoms with Crippen molar-refractivity contribution < 1.29 is 28.0 Å². The maximum atomic E-state index is 14.4. The van der Waals surface area contributed by atoms with Crippen molar-refractivity contribution in [3.8, 4) is 10.4 Å². The molecule has 3 rings (SSSR count). The number of benzene rings is 2. The van der Waals surface area contributed by atoms with E-state index in [1.54, 1.807) is 6.92 Å². The number of nitro groups is 1. The van der Waals surface area contributed by atoms with Gasteiger partial charge in [0.05, 0.1) is 23.6 Å². The van der Waals surface area contributed by atoms with Crippen molar-refractivity contribution in [2.45, 2.75) is 25.7 Å². The van der Waals surface area contributed by atoms with Crippen LogP contribution in [0.1, 0.15) is 35.3 Å². The molecule has 11 heteroatoms. The largest absolute Gasteiger partial charge is 0.462 e. The second-order valence-electron chi connectivity index (χ2n) is 7.05. The van der Waals surface area contributed by atoms with Gasteiger partial charge < -0.3 is 4.74 Å². The van der Waals surface area contributed by atoms with Gasteiger partial charge in [-0.3, -0.25) is 19.8 Å². The first-order chi connectivity index (χ1) is 16.2. The van der Waals surface area contributed by atoms with Crippen molar-refractivity contribution in [1.29, 1.82) is 0 Å². The van der Waals surface area contributed by atoms with Crippen LogP contribution in [0.15, 0.2) is 42.5 Å². The smallest absolute Gasteiger partial charge is 0.341 e. The van der Waals surface area contributed by atoms with Gasteiger partial charge >= 0.3 is 5.97 Å². The Morgan fingerprint density at radius 2 is 1.74 bits per heavy atom. The quantitative estimate of drug-likeness (QED) is 0.143. The molecule has 34 heavy (non-hydrogen) atoms. The van der Waals surface area contributed by atoms with Crippen molar-refractivity contribution in [2.75, 3.05) is 11.5 Å². The van der Waals surface area contributed by atoms with Crippen molar-refractivity contribution in [3.63, 3.8) is 0 Å². The van der Waals surface area contributed by atoms with Crippen LogP contribution in [0.25, 0.3) is 10.4 Å². The monoisotopic (exact) mass is 552 g/mol. The maximum Gasteiger partial charge on any atom is 0.341 e. The van der Waals surface area contributed by atoms with E-state index in [4.69, 9.17) is 4.74 Å². The van der Waals surface area contributed by atoms with Gasteiger partial charge in [-0.05, 0) is 42.3 Å². The fourth-order valence-electron chi connectivity index (χ4n) is 3.32. The molecule has 0 spiro atoms. The summed E-state index contributed by atoms with van der Waals surface area (Å²) in [4.78, 5) is 37.7. The number of thiophene rings is 1. The summed E-state index contributed by atoms with van der Waals surface area (Å²) in [5, 5.41) is 11.4. The average molecular weight is 553 g/mol. The molecule has 0 atom stereocenters. The summed E-state index contributed by atoms with van der Waals surface area (Å²) in [7, 11) is 0. The van der Waals surface area contributed by atoms with Crippen LogP contribution in [0.2, 0.25) is 0 Å². The lowest BCUT2D eigenvalue weighted by Gasteiger charge is -2.21. The number of non-ortho nitro benzene ring substituents is 1. The first-order valence-corrected chi connectivity index (χ1v) is 12.0. The van der Waals surface area contributed by atoms with Crippen molar-refractivity contribution in [1.82, 2.24) is 0 Å². The Hall–Kier alpha value is -3.18. The highest BCUT2D eigenvalue weighted by Crippen LogP contribution is 2.44. The lowest BCUT2D eigenvalue weighted by molar-refractivity contribution is -0.384. The minimum absolute atomic E-state index is 0.0741. The highest BCUT2D eigenvalue weighted by molar-refractivity contribution is 9.08. The highest BCUT2D eigenvalue weighted by Gasteiger charge is 2.31. The van der Waals surface area contributed by atoms with Crippen LogP contribution in [0.3, 0.4) is 0 Å². The third kappa shape index (κ3) is 5.15. The minimum Gasteiger partial charge on any atom is -0.462 e. The van der Waals surface area contributed by atoms with E-state index < -0.39 is 35.0 Å². The van der Waals surface area contributed by atoms with E-state index in [0.29, 0.717) is 16.0 Å². The second kappa shape index (κ2) is 10.8. The summed E-state index contributed by atoms with van der Waals surface area (Å²) in [6, 6.07) is 9.11. The Bertz CT molecular complexity index is 1230. The Kier molecular flexibility index (Phi) is 8.11. The standard InChI is InChI=1S/C23H19BrF2N2O5S/c1-3-33-23(30)20-16(11-24)21(14-7-9-15(10-8-14)28(31)32)34-22(20)27(13(2)29)12-17-18(25)5-4-6-19(17)26/h4-10H,3,11-12H2,1-2H3. The van der Waals surface area contributed by atoms with Crippen LogP contribution in [0, 0.1) is 21.7 Å². The zero-order valence-corrected chi connectivity index (χ0v) is 20.5. The molecule has 0 aliphatic rings. The molecule has 0 bridgehead atoms. The number of carbonyl (C=O) groups is 2. The molecule has 7 nitrogen and oxygen atoms in total. The van der Waals surface area contributed by atoms with Crippen LogP contribution in [-0.2, 0) is 21.4 Å². The lowest BCUT2D eigenvalue weighted by atomic mass is 10.1. The zero-order chi connectivity index (χ0) is 25.0. The molecule has 0 saturated heterocycles. The zero-order valence-electron chi connectivity index (χ0n) is 18.1. The van der Waals surface area contributed by atoms with Gasteiger partial charge in [0, 0.05) is 34.8 Å². The number of ether oxygens (including phenoxy) is 1. The molecule has 1 amide bonds. The first kappa shape index (κ1) is 25.4. The summed E-state index contributed by atoms with van der Waals surface area (Å²) >= 11 is 4.43. The normalized spacial score (nSPS) is 10.7. The van der Waals surface area contributed by atoms with Gasteiger partial charge in [0.25, 0.3) is 5.69 Å². The van der Waals surface area contributed by atoms with E-state index in [-0.39, 0.29) is 33.8 Å². The number of anilines is 1. The Labute approximate surface area is 206 Å². The first-order valence-electron chi connectivity index (χ1n) is 10.0. The number of carbonyl (C=O) groups excluding carboxylic acids is 2. The molecule has 2 aromatic carbocycles. The number of amides is 1. The topological polar surface area (TPSA) is 89.8 Å². The number of esters is 1. The summed E-state index contributed by atoms with van der Waals surface area (Å²) < 4.78 is 33.9. The minimum atomic E-state index is -0.822. The number of hydrogen-bond donors (Lipinski definition) is 0. The number of alkyl halides is 1. The molecule has 0 N–H and O–H groups in total. The number of nitrogens with zero attached hydrogens (tertiary/aromatic N) is 2. The molecule has 1 aromatic heterocycles. The van der Waals surface area contributed by atoms with Gasteiger partial charge in [0.15, 0.2) is 0 Å². The summed E-state index contributed by atoms with van der Waals surface area (Å²) in [6.07, 6.45) is 0. The Morgan fingerprint density at radius 1 is 1.12 bits per heavy atom. The van der Waals surface area contributed by atoms with Gasteiger partial charge in [-0.2, -0.15) is 0 Å². The van der Waals surface area contributed by atoms with E-state index in [1.807, 2.05) is 0 Å². The van der Waals surface area contributed by atoms with Crippen LogP contribution in [0.4, 0.5) is 19.5 Å². The van der Waals surface area contributed by atoms with E-state index in [1.165, 1.54) is 37.3 Å². The maximum absolute atomic E-state index is 14.4. The Balaban J connectivity index is 2.21. The van der Waals surface area contributed by atoms with Crippen LogP contribution >= 0.6 is 27.3 Å². The fraction of sp³-hybridized carbons (Fsp3) is 0.217. The molecular weight excluding hydrogens is 534 g/mol. The van der Waals surface area contributed by atoms with Gasteiger partial charge in [0.2, 0.25) is 5.91 Å². The summed E-state index contributed by atoms with van der Waals surface area (Å²) in [6.45, 7) is 2.49. The van der Waals surface area contributed by atoms with Crippen LogP contribution in [0.5, 0.6) is 0 Å². The third-order valence-corrected chi connectivity index (χ3v) is 6.81. The average Bonchev–Trinajstić information content (AvgIpc) is 3.18. The molecule has 0 aliphatic carbocycles. The van der Waals surface area contributed by atoms with Gasteiger partial charge in [-0.15, -0.1) is 11.3 Å². The van der Waals surface area contributed by atoms with Crippen LogP contribution < -0.4 is 4.90 Å². The number of hydrogen-bond acceptors (Lipinski definition) is 6. The van der Waals surface area contributed by atoms with Crippen molar-refractivity contribution in [2.24, 2.45) is 0 Å². The molecule has 1 heterocycles. The third-order valence-electron chi connectivity index (χ3n) is 4.95. The molecule has 0 radical (unpaired) electrons. The summed E-state index contributed by atoms with van der Waals surface area (Å²) in [5.41, 5.74) is 0.726. The van der Waals surface area contributed by atoms with Crippen molar-refractivity contribution in [3.05, 3.63) is 80.9 Å². The van der Waals surface area contributed by atoms with Gasteiger partial charge in [0.1, 0.15) is 16.6 Å². The second-order valence-corrected chi connectivity index (χ2v) is 8.61. The number of nitro benzene ring substituents is 1. The SMILES string of the molecule is CCOC(=O)c1c(N(Cc2c(F)cccc2F)C(C)=O)sc(-c2ccc([N+](=O)[O-])cc2)c1CBr. The van der Waals surface area contributed by atoms with E-state index >= 15 is 0 Å². The molecule has 0 saturated carbocycles. The van der Waals surface area contributed by atoms with E-state index in [2.05, 4.69) is 15.9 Å². The Morgan fingerprint density at radius 3 is 2.24 bits per heavy atom. The van der Waals surface area contributed by atoms with E-state index in [9.17, 15) is 28.5 Å². The van der Waals surface area contributed by atoms with Crippen LogP contribution in [-0.4, -0.2) is 23.4 Å². The number of rotatable bonds is 8. The molecule has 3 aromatic rings. The van der Waals surface area contributed by atoms with Crippen molar-refractivity contribution >= 4 is 49.8 Å². The summed E-state index contributed by atoms with van der Waals surface area (Å²) in [5.74, 6) is -2.88. The molecular formula is C23H19BrF2N2O5S. The van der Waals surface area contributed by atoms with E-state index in [0.717, 1.165) is 28.4 Å². The molecule has 0 fully saturated rings.